The first-order valence-corrected chi connectivity index (χ1v) is 11.9. The molecule has 0 aliphatic rings. The minimum absolute atomic E-state index is 0.123. The van der Waals surface area contributed by atoms with Crippen LogP contribution in [0.3, 0.4) is 0 Å². The van der Waals surface area contributed by atoms with E-state index in [1.54, 1.807) is 16.7 Å². The summed E-state index contributed by atoms with van der Waals surface area (Å²) < 4.78 is 12.7. The molecule has 2 aromatic heterocycles. The number of nitrogens with one attached hydrogen (secondary N) is 1. The lowest BCUT2D eigenvalue weighted by Crippen LogP contribution is -2.25. The maximum atomic E-state index is 12.5. The van der Waals surface area contributed by atoms with Crippen LogP contribution >= 0.6 is 0 Å². The minimum atomic E-state index is -0.369. The summed E-state index contributed by atoms with van der Waals surface area (Å²) in [6, 6.07) is 9.27. The number of carbonyl (C=O) groups is 1. The lowest BCUT2D eigenvalue weighted by molar-refractivity contribution is 0.0182. The van der Waals surface area contributed by atoms with Crippen LogP contribution in [0.4, 0.5) is 5.82 Å². The number of anilines is 1. The van der Waals surface area contributed by atoms with E-state index >= 15 is 0 Å². The molecule has 0 spiro atoms. The van der Waals surface area contributed by atoms with Crippen LogP contribution in [0, 0.1) is 0 Å². The van der Waals surface area contributed by atoms with Gasteiger partial charge in [0.05, 0.1) is 24.0 Å². The van der Waals surface area contributed by atoms with Gasteiger partial charge in [0.2, 0.25) is 0 Å². The summed E-state index contributed by atoms with van der Waals surface area (Å²) >= 11 is 0. The fourth-order valence-electron chi connectivity index (χ4n) is 3.72. The number of aromatic nitrogens is 3. The van der Waals surface area contributed by atoms with Crippen LogP contribution in [0.25, 0.3) is 11.0 Å². The van der Waals surface area contributed by atoms with Gasteiger partial charge in [0.15, 0.2) is 5.52 Å². The van der Waals surface area contributed by atoms with E-state index < -0.39 is 0 Å². The quantitative estimate of drug-likeness (QED) is 0.274. The van der Waals surface area contributed by atoms with Gasteiger partial charge in [-0.05, 0) is 43.6 Å². The molecule has 0 aliphatic carbocycles. The molecule has 9 nitrogen and oxygen atoms in total. The van der Waals surface area contributed by atoms with Crippen LogP contribution in [0.1, 0.15) is 55.5 Å². The summed E-state index contributed by atoms with van der Waals surface area (Å²) in [5.41, 5.74) is 7.89. The number of ether oxygens (including phenoxy) is 2. The third-order valence-corrected chi connectivity index (χ3v) is 5.56. The number of nitrogens with two attached hydrogens (primary N) is 1. The van der Waals surface area contributed by atoms with Gasteiger partial charge in [-0.1, -0.05) is 38.8 Å². The molecule has 3 aromatic rings. The second kappa shape index (κ2) is 12.9. The fraction of sp³-hybridized carbons (Fsp3) is 0.480. The van der Waals surface area contributed by atoms with E-state index in [0.29, 0.717) is 16.6 Å². The molecule has 0 bridgehead atoms. The van der Waals surface area contributed by atoms with Gasteiger partial charge in [0, 0.05) is 12.6 Å². The van der Waals surface area contributed by atoms with Gasteiger partial charge in [-0.25, -0.2) is 9.78 Å². The monoisotopic (exact) mass is 469 g/mol. The zero-order valence-corrected chi connectivity index (χ0v) is 20.1. The first-order chi connectivity index (χ1) is 16.5. The lowest BCUT2D eigenvalue weighted by Gasteiger charge is -2.22. The van der Waals surface area contributed by atoms with E-state index in [-0.39, 0.29) is 37.3 Å². The normalized spacial score (nSPS) is 11.4. The van der Waals surface area contributed by atoms with E-state index in [4.69, 9.17) is 15.2 Å². The van der Waals surface area contributed by atoms with Crippen molar-refractivity contribution < 1.29 is 14.3 Å². The zero-order chi connectivity index (χ0) is 24.3. The maximum absolute atomic E-state index is 12.5. The fourth-order valence-corrected chi connectivity index (χ4v) is 3.72. The van der Waals surface area contributed by atoms with Crippen molar-refractivity contribution in [2.75, 3.05) is 32.0 Å². The minimum Gasteiger partial charge on any atom is -0.460 e. The second-order valence-corrected chi connectivity index (χ2v) is 8.36. The Bertz CT molecular complexity index is 1120. The molecule has 0 aliphatic heterocycles. The van der Waals surface area contributed by atoms with Crippen molar-refractivity contribution in [2.24, 2.45) is 0 Å². The number of benzene rings is 1. The molecular weight excluding hydrogens is 434 g/mol. The highest BCUT2D eigenvalue weighted by molar-refractivity contribution is 5.89. The number of hydrogen-bond donors (Lipinski definition) is 2. The molecule has 2 heterocycles. The van der Waals surface area contributed by atoms with Crippen LogP contribution in [-0.2, 0) is 22.7 Å². The molecular formula is C25H35N5O4. The van der Waals surface area contributed by atoms with Crippen LogP contribution in [0.15, 0.2) is 41.5 Å². The molecule has 0 unspecified atom stereocenters. The molecule has 0 amide bonds. The molecule has 0 saturated heterocycles. The number of unbranched alkanes of at least 4 members (excludes halogenated alkanes) is 2. The average molecular weight is 470 g/mol. The van der Waals surface area contributed by atoms with Crippen molar-refractivity contribution in [1.82, 2.24) is 19.4 Å². The zero-order valence-electron chi connectivity index (χ0n) is 20.1. The average Bonchev–Trinajstić information content (AvgIpc) is 3.23. The number of rotatable bonds is 14. The number of fused-ring (bicyclic) bond motifs is 1. The summed E-state index contributed by atoms with van der Waals surface area (Å²) in [4.78, 5) is 33.4. The molecule has 3 N–H and O–H groups in total. The molecule has 3 rings (SSSR count). The van der Waals surface area contributed by atoms with Gasteiger partial charge < -0.3 is 24.8 Å². The van der Waals surface area contributed by atoms with E-state index in [2.05, 4.69) is 34.8 Å². The molecule has 0 fully saturated rings. The Labute approximate surface area is 199 Å². The molecule has 34 heavy (non-hydrogen) atoms. The first kappa shape index (κ1) is 25.5. The molecule has 184 valence electrons. The summed E-state index contributed by atoms with van der Waals surface area (Å²) in [6.07, 6.45) is 6.19. The number of nitrogen functional groups attached to an aromatic ring is 1. The third-order valence-electron chi connectivity index (χ3n) is 5.56. The third kappa shape index (κ3) is 7.16. The number of pyridine rings is 1. The highest BCUT2D eigenvalue weighted by Crippen LogP contribution is 2.13. The highest BCUT2D eigenvalue weighted by Gasteiger charge is 2.11. The molecule has 9 heteroatoms. The second-order valence-electron chi connectivity index (χ2n) is 8.36. The van der Waals surface area contributed by atoms with Gasteiger partial charge in [-0.3, -0.25) is 9.69 Å². The number of aromatic amines is 1. The van der Waals surface area contributed by atoms with Crippen LogP contribution < -0.4 is 11.3 Å². The lowest BCUT2D eigenvalue weighted by atomic mass is 10.1. The van der Waals surface area contributed by atoms with E-state index in [1.807, 2.05) is 12.1 Å². The van der Waals surface area contributed by atoms with Crippen molar-refractivity contribution in [3.8, 4) is 0 Å². The SMILES string of the molecule is CCCCN(CCCC)Cc1cccc(C(=O)OCCOCn2cnc3c(=O)[nH]c(N)cc32)c1. The van der Waals surface area contributed by atoms with Gasteiger partial charge in [-0.2, -0.15) is 0 Å². The number of esters is 1. The highest BCUT2D eigenvalue weighted by atomic mass is 16.6. The number of carbonyl (C=O) groups excluding carboxylic acids is 1. The van der Waals surface area contributed by atoms with Crippen molar-refractivity contribution in [3.63, 3.8) is 0 Å². The smallest absolute Gasteiger partial charge is 0.338 e. The number of imidazole rings is 1. The number of H-pyrrole nitrogens is 1. The Balaban J connectivity index is 1.47. The maximum Gasteiger partial charge on any atom is 0.338 e. The van der Waals surface area contributed by atoms with Crippen molar-refractivity contribution in [2.45, 2.75) is 52.8 Å². The van der Waals surface area contributed by atoms with Gasteiger partial charge in [0.1, 0.15) is 19.2 Å². The van der Waals surface area contributed by atoms with Crippen LogP contribution in [0.5, 0.6) is 0 Å². The predicted octanol–water partition coefficient (Wildman–Crippen LogP) is 3.54. The van der Waals surface area contributed by atoms with Crippen LogP contribution in [0.2, 0.25) is 0 Å². The van der Waals surface area contributed by atoms with E-state index in [0.717, 1.165) is 25.2 Å². The summed E-state index contributed by atoms with van der Waals surface area (Å²) in [7, 11) is 0. The van der Waals surface area contributed by atoms with Crippen molar-refractivity contribution in [3.05, 3.63) is 58.1 Å². The molecule has 0 radical (unpaired) electrons. The van der Waals surface area contributed by atoms with E-state index in [9.17, 15) is 9.59 Å². The largest absolute Gasteiger partial charge is 0.460 e. The standard InChI is InChI=1S/C25H35N5O4/c1-3-5-10-29(11-6-4-2)16-19-8-7-9-20(14-19)25(32)34-13-12-33-18-30-17-27-23-21(30)15-22(26)28-24(23)31/h7-9,14-15,17H,3-6,10-13,16,18H2,1-2H3,(H3,26,28,31). The number of nitrogens with zero attached hydrogens (tertiary/aromatic N) is 3. The first-order valence-electron chi connectivity index (χ1n) is 11.9. The molecule has 0 saturated carbocycles. The molecule has 1 aromatic carbocycles. The van der Waals surface area contributed by atoms with Gasteiger partial charge in [0.25, 0.3) is 5.56 Å². The van der Waals surface area contributed by atoms with Gasteiger partial charge in [-0.15, -0.1) is 0 Å². The van der Waals surface area contributed by atoms with Gasteiger partial charge >= 0.3 is 5.97 Å². The van der Waals surface area contributed by atoms with E-state index in [1.165, 1.54) is 32.0 Å². The van der Waals surface area contributed by atoms with Crippen molar-refractivity contribution in [1.29, 1.82) is 0 Å². The Morgan fingerprint density at radius 1 is 1.15 bits per heavy atom. The Morgan fingerprint density at radius 2 is 1.91 bits per heavy atom. The van der Waals surface area contributed by atoms with Crippen LogP contribution in [-0.4, -0.2) is 51.7 Å². The summed E-state index contributed by atoms with van der Waals surface area (Å²) in [5, 5.41) is 0. The topological polar surface area (TPSA) is 115 Å². The Hall–Kier alpha value is -3.17. The Kier molecular flexibility index (Phi) is 9.66. The predicted molar refractivity (Wildman–Crippen MR) is 133 cm³/mol. The number of hydrogen-bond acceptors (Lipinski definition) is 7. The summed E-state index contributed by atoms with van der Waals surface area (Å²) in [5.74, 6) is -0.110. The van der Waals surface area contributed by atoms with Crippen molar-refractivity contribution >= 4 is 22.8 Å². The Morgan fingerprint density at radius 3 is 2.65 bits per heavy atom. The molecule has 0 atom stereocenters. The summed E-state index contributed by atoms with van der Waals surface area (Å²) in [6.45, 7) is 7.86.